The van der Waals surface area contributed by atoms with E-state index in [-0.39, 0.29) is 11.3 Å². The van der Waals surface area contributed by atoms with Crippen molar-refractivity contribution in [1.82, 2.24) is 0 Å². The molecule has 1 aliphatic rings. The molecule has 190 valence electrons. The van der Waals surface area contributed by atoms with Crippen LogP contribution in [0.2, 0.25) is 0 Å². The fourth-order valence-electron chi connectivity index (χ4n) is 4.66. The molecule has 38 heavy (non-hydrogen) atoms. The van der Waals surface area contributed by atoms with Gasteiger partial charge in [0.05, 0.1) is 7.11 Å². The van der Waals surface area contributed by atoms with Crippen molar-refractivity contribution < 1.29 is 18.6 Å². The molecule has 0 atom stereocenters. The standard InChI is InChI=1S/C33H28O5/c1-35-26-16-14-24(15-17-26)28-18-27(34)32-30(37-21-23-10-6-3-7-11-23)19-29(31(25-12-13-25)33(32)38-28)36-20-22-8-4-2-5-9-22/h2-11,14-19,25H,12-13,20-21H2,1H3. The van der Waals surface area contributed by atoms with Crippen LogP contribution in [0.15, 0.2) is 106 Å². The lowest BCUT2D eigenvalue weighted by atomic mass is 10.0. The minimum atomic E-state index is -0.142. The molecule has 0 amide bonds. The summed E-state index contributed by atoms with van der Waals surface area (Å²) < 4.78 is 24.4. The summed E-state index contributed by atoms with van der Waals surface area (Å²) in [6, 6.07) is 30.9. The maximum Gasteiger partial charge on any atom is 0.197 e. The van der Waals surface area contributed by atoms with Gasteiger partial charge in [0.15, 0.2) is 5.43 Å². The van der Waals surface area contributed by atoms with E-state index in [0.29, 0.717) is 41.4 Å². The Labute approximate surface area is 221 Å². The zero-order valence-corrected chi connectivity index (χ0v) is 21.2. The van der Waals surface area contributed by atoms with Gasteiger partial charge in [-0.3, -0.25) is 4.79 Å². The van der Waals surface area contributed by atoms with Gasteiger partial charge in [-0.15, -0.1) is 0 Å². The van der Waals surface area contributed by atoms with Gasteiger partial charge < -0.3 is 18.6 Å². The predicted molar refractivity (Wildman–Crippen MR) is 148 cm³/mol. The first-order valence-corrected chi connectivity index (χ1v) is 12.8. The maximum absolute atomic E-state index is 13.6. The van der Waals surface area contributed by atoms with Crippen LogP contribution in [0.1, 0.15) is 35.4 Å². The number of rotatable bonds is 9. The zero-order chi connectivity index (χ0) is 25.9. The lowest BCUT2D eigenvalue weighted by molar-refractivity contribution is 0.289. The Bertz CT molecular complexity index is 1600. The smallest absolute Gasteiger partial charge is 0.197 e. The van der Waals surface area contributed by atoms with Gasteiger partial charge in [-0.1, -0.05) is 60.7 Å². The summed E-state index contributed by atoms with van der Waals surface area (Å²) in [6.45, 7) is 0.739. The lowest BCUT2D eigenvalue weighted by Gasteiger charge is -2.17. The van der Waals surface area contributed by atoms with Crippen LogP contribution >= 0.6 is 0 Å². The summed E-state index contributed by atoms with van der Waals surface area (Å²) in [4.78, 5) is 13.6. The Morgan fingerprint density at radius 3 is 1.95 bits per heavy atom. The monoisotopic (exact) mass is 504 g/mol. The molecule has 0 aliphatic heterocycles. The van der Waals surface area contributed by atoms with Gasteiger partial charge in [0, 0.05) is 23.3 Å². The van der Waals surface area contributed by atoms with E-state index in [2.05, 4.69) is 0 Å². The minimum Gasteiger partial charge on any atom is -0.497 e. The van der Waals surface area contributed by atoms with Gasteiger partial charge in [0.2, 0.25) is 0 Å². The molecule has 0 unspecified atom stereocenters. The molecule has 5 aromatic rings. The molecule has 0 radical (unpaired) electrons. The van der Waals surface area contributed by atoms with Gasteiger partial charge in [-0.25, -0.2) is 0 Å². The average molecular weight is 505 g/mol. The predicted octanol–water partition coefficient (Wildman–Crippen LogP) is 7.50. The summed E-state index contributed by atoms with van der Waals surface area (Å²) in [5, 5.41) is 0.451. The third kappa shape index (κ3) is 5.00. The third-order valence-corrected chi connectivity index (χ3v) is 6.80. The molecule has 4 aromatic carbocycles. The van der Waals surface area contributed by atoms with Crippen molar-refractivity contribution in [2.45, 2.75) is 32.0 Å². The van der Waals surface area contributed by atoms with Crippen LogP contribution in [0, 0.1) is 0 Å². The van der Waals surface area contributed by atoms with E-state index in [9.17, 15) is 4.79 Å². The van der Waals surface area contributed by atoms with Crippen molar-refractivity contribution in [3.05, 3.63) is 124 Å². The summed E-state index contributed by atoms with van der Waals surface area (Å²) >= 11 is 0. The molecule has 1 heterocycles. The highest BCUT2D eigenvalue weighted by molar-refractivity contribution is 5.90. The highest BCUT2D eigenvalue weighted by Crippen LogP contribution is 2.50. The maximum atomic E-state index is 13.6. The molecule has 1 saturated carbocycles. The first-order valence-electron chi connectivity index (χ1n) is 12.8. The normalized spacial score (nSPS) is 12.9. The Balaban J connectivity index is 1.48. The van der Waals surface area contributed by atoms with Crippen LogP contribution in [0.3, 0.4) is 0 Å². The van der Waals surface area contributed by atoms with E-state index < -0.39 is 0 Å². The van der Waals surface area contributed by atoms with Crippen molar-refractivity contribution in [2.24, 2.45) is 0 Å². The first kappa shape index (κ1) is 23.9. The second kappa shape index (κ2) is 10.5. The second-order valence-corrected chi connectivity index (χ2v) is 9.52. The fraction of sp³-hybridized carbons (Fsp3) is 0.182. The van der Waals surface area contributed by atoms with E-state index in [0.717, 1.165) is 40.8 Å². The minimum absolute atomic E-state index is 0.142. The number of methoxy groups -OCH3 is 1. The van der Waals surface area contributed by atoms with Crippen molar-refractivity contribution in [3.63, 3.8) is 0 Å². The largest absolute Gasteiger partial charge is 0.497 e. The van der Waals surface area contributed by atoms with Crippen molar-refractivity contribution >= 4 is 11.0 Å². The van der Waals surface area contributed by atoms with Gasteiger partial charge in [0.25, 0.3) is 0 Å². The van der Waals surface area contributed by atoms with E-state index in [4.69, 9.17) is 18.6 Å². The highest BCUT2D eigenvalue weighted by atomic mass is 16.5. The van der Waals surface area contributed by atoms with Crippen LogP contribution in [0.25, 0.3) is 22.3 Å². The SMILES string of the molecule is COc1ccc(-c2cc(=O)c3c(OCc4ccccc4)cc(OCc4ccccc4)c(C4CC4)c3o2)cc1. The summed E-state index contributed by atoms with van der Waals surface area (Å²) in [6.07, 6.45) is 2.05. The zero-order valence-electron chi connectivity index (χ0n) is 21.2. The van der Waals surface area contributed by atoms with Gasteiger partial charge >= 0.3 is 0 Å². The molecule has 0 bridgehead atoms. The summed E-state index contributed by atoms with van der Waals surface area (Å²) in [7, 11) is 1.63. The van der Waals surface area contributed by atoms with Gasteiger partial charge in [-0.05, 0) is 54.2 Å². The topological polar surface area (TPSA) is 57.9 Å². The second-order valence-electron chi connectivity index (χ2n) is 9.52. The highest BCUT2D eigenvalue weighted by Gasteiger charge is 2.32. The molecule has 1 aromatic heterocycles. The Kier molecular flexibility index (Phi) is 6.57. The van der Waals surface area contributed by atoms with E-state index in [1.807, 2.05) is 91.0 Å². The van der Waals surface area contributed by atoms with Crippen molar-refractivity contribution in [2.75, 3.05) is 7.11 Å². The van der Waals surface area contributed by atoms with E-state index in [1.165, 1.54) is 0 Å². The first-order chi connectivity index (χ1) is 18.7. The fourth-order valence-corrected chi connectivity index (χ4v) is 4.66. The van der Waals surface area contributed by atoms with Crippen LogP contribution in [-0.4, -0.2) is 7.11 Å². The quantitative estimate of drug-likeness (QED) is 0.208. The van der Waals surface area contributed by atoms with E-state index in [1.54, 1.807) is 13.2 Å². The molecule has 0 spiro atoms. The molecule has 5 nitrogen and oxygen atoms in total. The molecule has 1 fully saturated rings. The molecule has 0 N–H and O–H groups in total. The van der Waals surface area contributed by atoms with Crippen LogP contribution in [0.5, 0.6) is 17.2 Å². The lowest BCUT2D eigenvalue weighted by Crippen LogP contribution is -2.08. The van der Waals surface area contributed by atoms with Crippen molar-refractivity contribution in [1.29, 1.82) is 0 Å². The number of hydrogen-bond donors (Lipinski definition) is 0. The molecular weight excluding hydrogens is 476 g/mol. The molecule has 5 heteroatoms. The molecule has 1 aliphatic carbocycles. The molecule has 0 saturated heterocycles. The Morgan fingerprint density at radius 2 is 1.37 bits per heavy atom. The van der Waals surface area contributed by atoms with E-state index >= 15 is 0 Å². The number of benzene rings is 4. The van der Waals surface area contributed by atoms with Gasteiger partial charge in [0.1, 0.15) is 47.2 Å². The van der Waals surface area contributed by atoms with Crippen molar-refractivity contribution in [3.8, 4) is 28.6 Å². The molecular formula is C33H28O5. The Morgan fingerprint density at radius 1 is 0.763 bits per heavy atom. The number of fused-ring (bicyclic) bond motifs is 1. The molecule has 6 rings (SSSR count). The van der Waals surface area contributed by atoms with Crippen LogP contribution in [0.4, 0.5) is 0 Å². The Hall–Kier alpha value is -4.51. The summed E-state index contributed by atoms with van der Waals surface area (Å²) in [5.74, 6) is 2.68. The third-order valence-electron chi connectivity index (χ3n) is 6.80. The van der Waals surface area contributed by atoms with Crippen LogP contribution in [-0.2, 0) is 13.2 Å². The number of hydrogen-bond acceptors (Lipinski definition) is 5. The number of ether oxygens (including phenoxy) is 3. The van der Waals surface area contributed by atoms with Crippen LogP contribution < -0.4 is 19.6 Å². The average Bonchev–Trinajstić information content (AvgIpc) is 3.81. The van der Waals surface area contributed by atoms with Gasteiger partial charge in [-0.2, -0.15) is 0 Å². The summed E-state index contributed by atoms with van der Waals surface area (Å²) in [5.41, 5.74) is 4.22.